The van der Waals surface area contributed by atoms with Gasteiger partial charge in [-0.2, -0.15) is 8.78 Å². The summed E-state index contributed by atoms with van der Waals surface area (Å²) in [7, 11) is 0. The number of amides is 3. The molecule has 40 heavy (non-hydrogen) atoms. The summed E-state index contributed by atoms with van der Waals surface area (Å²) in [5.74, 6) is -18.4. The van der Waals surface area contributed by atoms with Crippen molar-refractivity contribution in [3.63, 3.8) is 0 Å². The fraction of sp³-hybridized carbons (Fsp3) is 0.292. The van der Waals surface area contributed by atoms with Crippen LogP contribution in [-0.2, 0) is 24.0 Å². The summed E-state index contributed by atoms with van der Waals surface area (Å²) in [6.45, 7) is 0.824. The molecule has 10 nitrogen and oxygen atoms in total. The Kier molecular flexibility index (Phi) is 10.2. The molecule has 216 valence electrons. The molecule has 2 aromatic rings. The number of halogens is 6. The number of ether oxygens (including phenoxy) is 1. The van der Waals surface area contributed by atoms with Gasteiger partial charge in [-0.25, -0.2) is 17.6 Å². The van der Waals surface area contributed by atoms with Gasteiger partial charge in [0.25, 0.3) is 0 Å². The van der Waals surface area contributed by atoms with Crippen LogP contribution < -0.4 is 20.7 Å². The average molecular weight is 577 g/mol. The molecule has 2 rings (SSSR count). The number of benzene rings is 2. The second kappa shape index (κ2) is 12.9. The number of nitrogens with one attached hydrogen (secondary N) is 3. The molecular formula is C24H21F6N3O7. The Bertz CT molecular complexity index is 1310. The Morgan fingerprint density at radius 3 is 1.98 bits per heavy atom. The Balaban J connectivity index is 2.13. The number of ketones is 1. The Labute approximate surface area is 221 Å². The van der Waals surface area contributed by atoms with E-state index in [1.807, 2.05) is 5.32 Å². The molecule has 2 aromatic carbocycles. The standard InChI is InChI=1S/C24H21F6N3O7/c1-24(2,33-22(38)21(37)32-19-10(25)4-3-5-11(19)26)23(39)31-14(6-7-16(35)36)15(34)9-40-20-17(29)12(27)8-13(28)18(20)30/h3-5,8,14H,6-7,9H2,1-2H3,(H,31,39)(H,32,37)(H,33,38)(H,35,36)/t14-/m0/s1. The van der Waals surface area contributed by atoms with Crippen LogP contribution in [0.25, 0.3) is 0 Å². The molecule has 0 unspecified atom stereocenters. The number of carbonyl (C=O) groups is 5. The van der Waals surface area contributed by atoms with Crippen molar-refractivity contribution in [1.82, 2.24) is 10.6 Å². The van der Waals surface area contributed by atoms with Crippen molar-refractivity contribution in [2.24, 2.45) is 0 Å². The van der Waals surface area contributed by atoms with Gasteiger partial charge in [0.05, 0.1) is 6.04 Å². The molecular weight excluding hydrogens is 556 g/mol. The molecule has 3 amide bonds. The van der Waals surface area contributed by atoms with E-state index in [1.54, 1.807) is 5.32 Å². The SMILES string of the molecule is CC(C)(NC(=O)C(=O)Nc1c(F)cccc1F)C(=O)N[C@@H](CCC(=O)O)C(=O)COc1c(F)c(F)cc(F)c1F. The molecule has 1 atom stereocenters. The Hall–Kier alpha value is -4.63. The second-order valence-corrected chi connectivity index (χ2v) is 8.64. The zero-order chi connectivity index (χ0) is 30.4. The van der Waals surface area contributed by atoms with Crippen molar-refractivity contribution in [1.29, 1.82) is 0 Å². The molecule has 0 radical (unpaired) electrons. The van der Waals surface area contributed by atoms with E-state index in [4.69, 9.17) is 5.11 Å². The maximum absolute atomic E-state index is 13.8. The summed E-state index contributed by atoms with van der Waals surface area (Å²) < 4.78 is 86.4. The van der Waals surface area contributed by atoms with Crippen molar-refractivity contribution in [3.05, 3.63) is 59.2 Å². The van der Waals surface area contributed by atoms with Gasteiger partial charge in [-0.05, 0) is 32.4 Å². The first kappa shape index (κ1) is 31.6. The van der Waals surface area contributed by atoms with Crippen LogP contribution >= 0.6 is 0 Å². The molecule has 0 fully saturated rings. The molecule has 4 N–H and O–H groups in total. The fourth-order valence-electron chi connectivity index (χ4n) is 3.03. The number of carboxylic acid groups (broad SMARTS) is 1. The lowest BCUT2D eigenvalue weighted by molar-refractivity contribution is -0.140. The number of Topliss-reactive ketones (excluding diaryl/α,β-unsaturated/α-hetero) is 1. The third kappa shape index (κ3) is 7.94. The smallest absolute Gasteiger partial charge is 0.313 e. The minimum Gasteiger partial charge on any atom is -0.481 e. The Morgan fingerprint density at radius 1 is 0.900 bits per heavy atom. The lowest BCUT2D eigenvalue weighted by atomic mass is 10.0. The largest absolute Gasteiger partial charge is 0.481 e. The number of aliphatic carboxylic acids is 1. The van der Waals surface area contributed by atoms with Gasteiger partial charge in [0, 0.05) is 12.5 Å². The molecule has 0 spiro atoms. The maximum atomic E-state index is 13.8. The number of hydrogen-bond donors (Lipinski definition) is 4. The molecule has 0 aromatic heterocycles. The highest BCUT2D eigenvalue weighted by atomic mass is 19.2. The van der Waals surface area contributed by atoms with Crippen LogP contribution in [0.2, 0.25) is 0 Å². The van der Waals surface area contributed by atoms with Crippen LogP contribution in [0.3, 0.4) is 0 Å². The molecule has 0 bridgehead atoms. The minimum absolute atomic E-state index is 0.0985. The third-order valence-electron chi connectivity index (χ3n) is 5.17. The lowest BCUT2D eigenvalue weighted by Gasteiger charge is -2.27. The molecule has 0 saturated heterocycles. The van der Waals surface area contributed by atoms with E-state index in [1.165, 1.54) is 0 Å². The Morgan fingerprint density at radius 2 is 1.45 bits per heavy atom. The van der Waals surface area contributed by atoms with E-state index in [9.17, 15) is 50.3 Å². The van der Waals surface area contributed by atoms with E-state index >= 15 is 0 Å². The van der Waals surface area contributed by atoms with Gasteiger partial charge in [-0.1, -0.05) is 6.07 Å². The van der Waals surface area contributed by atoms with Crippen LogP contribution in [0.4, 0.5) is 32.0 Å². The molecule has 0 aliphatic heterocycles. The van der Waals surface area contributed by atoms with Crippen molar-refractivity contribution in [3.8, 4) is 5.75 Å². The number of para-hydroxylation sites is 1. The normalized spacial score (nSPS) is 11.8. The monoisotopic (exact) mass is 577 g/mol. The highest BCUT2D eigenvalue weighted by molar-refractivity contribution is 6.40. The first-order valence-electron chi connectivity index (χ1n) is 11.1. The summed E-state index contributed by atoms with van der Waals surface area (Å²) in [6.07, 6.45) is -1.31. The van der Waals surface area contributed by atoms with Crippen molar-refractivity contribution in [2.75, 3.05) is 11.9 Å². The first-order valence-corrected chi connectivity index (χ1v) is 11.1. The van der Waals surface area contributed by atoms with E-state index in [2.05, 4.69) is 10.1 Å². The highest BCUT2D eigenvalue weighted by Crippen LogP contribution is 2.26. The molecule has 0 heterocycles. The second-order valence-electron chi connectivity index (χ2n) is 8.64. The van der Waals surface area contributed by atoms with Crippen molar-refractivity contribution < 1.29 is 60.2 Å². The van der Waals surface area contributed by atoms with Gasteiger partial charge in [0.2, 0.25) is 17.5 Å². The zero-order valence-electron chi connectivity index (χ0n) is 20.7. The van der Waals surface area contributed by atoms with Gasteiger partial charge in [-0.3, -0.25) is 24.0 Å². The van der Waals surface area contributed by atoms with Gasteiger partial charge >= 0.3 is 17.8 Å². The van der Waals surface area contributed by atoms with Crippen LogP contribution in [0, 0.1) is 34.9 Å². The van der Waals surface area contributed by atoms with Crippen LogP contribution in [0.15, 0.2) is 24.3 Å². The predicted octanol–water partition coefficient (Wildman–Crippen LogP) is 2.35. The van der Waals surface area contributed by atoms with Crippen LogP contribution in [0.5, 0.6) is 5.75 Å². The summed E-state index contributed by atoms with van der Waals surface area (Å²) in [5.41, 5.74) is -2.94. The highest BCUT2D eigenvalue weighted by Gasteiger charge is 2.35. The van der Waals surface area contributed by atoms with E-state index in [-0.39, 0.29) is 6.07 Å². The predicted molar refractivity (Wildman–Crippen MR) is 123 cm³/mol. The summed E-state index contributed by atoms with van der Waals surface area (Å²) in [4.78, 5) is 60.7. The van der Waals surface area contributed by atoms with E-state index < -0.39 is 107 Å². The molecule has 0 aliphatic rings. The molecule has 16 heteroatoms. The molecule has 0 aliphatic carbocycles. The van der Waals surface area contributed by atoms with Crippen LogP contribution in [0.1, 0.15) is 26.7 Å². The number of rotatable bonds is 11. The first-order chi connectivity index (χ1) is 18.5. The quantitative estimate of drug-likeness (QED) is 0.182. The van der Waals surface area contributed by atoms with Gasteiger partial charge in [0.15, 0.2) is 23.2 Å². The summed E-state index contributed by atoms with van der Waals surface area (Å²) in [6, 6.07) is 0.799. The minimum atomic E-state index is -2.01. The summed E-state index contributed by atoms with van der Waals surface area (Å²) in [5, 5.41) is 14.7. The number of anilines is 1. The fourth-order valence-corrected chi connectivity index (χ4v) is 3.03. The van der Waals surface area contributed by atoms with Crippen molar-refractivity contribution in [2.45, 2.75) is 38.3 Å². The zero-order valence-corrected chi connectivity index (χ0v) is 20.7. The number of hydrogen-bond acceptors (Lipinski definition) is 6. The van der Waals surface area contributed by atoms with Crippen LogP contribution in [-0.4, -0.2) is 52.8 Å². The van der Waals surface area contributed by atoms with Gasteiger partial charge < -0.3 is 25.8 Å². The van der Waals surface area contributed by atoms with Gasteiger partial charge in [0.1, 0.15) is 29.5 Å². The number of carboxylic acids is 1. The topological polar surface area (TPSA) is 151 Å². The summed E-state index contributed by atoms with van der Waals surface area (Å²) >= 11 is 0. The van der Waals surface area contributed by atoms with E-state index in [0.29, 0.717) is 0 Å². The van der Waals surface area contributed by atoms with Crippen molar-refractivity contribution >= 4 is 35.2 Å². The van der Waals surface area contributed by atoms with Gasteiger partial charge in [-0.15, -0.1) is 0 Å². The lowest BCUT2D eigenvalue weighted by Crippen LogP contribution is -2.59. The van der Waals surface area contributed by atoms with E-state index in [0.717, 1.165) is 32.0 Å². The molecule has 0 saturated carbocycles. The average Bonchev–Trinajstić information content (AvgIpc) is 2.86. The third-order valence-corrected chi connectivity index (χ3v) is 5.17. The maximum Gasteiger partial charge on any atom is 0.313 e. The number of carbonyl (C=O) groups excluding carboxylic acids is 4.